The third-order valence-corrected chi connectivity index (χ3v) is 1.28. The maximum Gasteiger partial charge on any atom is 2.00 e. The second kappa shape index (κ2) is 12.4. The Bertz CT molecular complexity index is 144. The standard InChI is InChI=1S/C5H10O.C4H8O2.Ca/c1-4(2)5(3)6;1-2-3-4(5)6;/h4H,1-3H3;2-3H2,1H3,(H,5,6);/q;;+2. The van der Waals surface area contributed by atoms with Gasteiger partial charge in [0.05, 0.1) is 0 Å². The van der Waals surface area contributed by atoms with Crippen LogP contribution in [0.25, 0.3) is 0 Å². The van der Waals surface area contributed by atoms with Crippen LogP contribution < -0.4 is 0 Å². The van der Waals surface area contributed by atoms with Crippen LogP contribution in [0.3, 0.4) is 0 Å². The molecule has 0 aromatic carbocycles. The smallest absolute Gasteiger partial charge is 0.481 e. The fourth-order valence-electron chi connectivity index (χ4n) is 0.214. The predicted octanol–water partition coefficient (Wildman–Crippen LogP) is 1.72. The second-order valence-corrected chi connectivity index (χ2v) is 2.91. The van der Waals surface area contributed by atoms with E-state index in [0.29, 0.717) is 6.42 Å². The Balaban J connectivity index is -0.000000143. The van der Waals surface area contributed by atoms with E-state index in [9.17, 15) is 9.59 Å². The number of aliphatic carboxylic acids is 1. The molecule has 0 spiro atoms. The molecule has 0 aromatic heterocycles. The summed E-state index contributed by atoms with van der Waals surface area (Å²) in [4.78, 5) is 19.7. The van der Waals surface area contributed by atoms with Crippen LogP contribution in [0.4, 0.5) is 0 Å². The van der Waals surface area contributed by atoms with E-state index in [4.69, 9.17) is 5.11 Å². The monoisotopic (exact) mass is 214 g/mol. The Morgan fingerprint density at radius 2 is 1.62 bits per heavy atom. The zero-order valence-corrected chi connectivity index (χ0v) is 11.2. The molecule has 0 bridgehead atoms. The normalized spacial score (nSPS) is 8.08. The molecule has 72 valence electrons. The van der Waals surface area contributed by atoms with Crippen molar-refractivity contribution >= 4 is 49.5 Å². The molecule has 0 saturated carbocycles. The fourth-order valence-corrected chi connectivity index (χ4v) is 0.214. The molecular weight excluding hydrogens is 196 g/mol. The molecule has 0 rings (SSSR count). The molecule has 0 amide bonds. The SMILES string of the molecule is CC(=O)C(C)C.CCCC(=O)O.[Ca+2]. The summed E-state index contributed by atoms with van der Waals surface area (Å²) in [5.41, 5.74) is 0. The molecule has 4 heteroatoms. The predicted molar refractivity (Wildman–Crippen MR) is 53.8 cm³/mol. The van der Waals surface area contributed by atoms with Gasteiger partial charge in [0, 0.05) is 12.3 Å². The Hall–Kier alpha value is 0.400. The number of carbonyl (C=O) groups excluding carboxylic acids is 1. The molecule has 0 unspecified atom stereocenters. The molecule has 3 nitrogen and oxygen atoms in total. The van der Waals surface area contributed by atoms with Gasteiger partial charge < -0.3 is 5.11 Å². The van der Waals surface area contributed by atoms with Gasteiger partial charge in [0.15, 0.2) is 0 Å². The van der Waals surface area contributed by atoms with Crippen molar-refractivity contribution in [2.75, 3.05) is 0 Å². The van der Waals surface area contributed by atoms with Crippen LogP contribution in [0.1, 0.15) is 40.5 Å². The average Bonchev–Trinajstić information content (AvgIpc) is 1.87. The molecule has 0 saturated heterocycles. The summed E-state index contributed by atoms with van der Waals surface area (Å²) >= 11 is 0. The molecule has 0 heterocycles. The van der Waals surface area contributed by atoms with Crippen LogP contribution in [0.5, 0.6) is 0 Å². The van der Waals surface area contributed by atoms with Gasteiger partial charge in [-0.05, 0) is 13.3 Å². The molecule has 0 atom stereocenters. The summed E-state index contributed by atoms with van der Waals surface area (Å²) < 4.78 is 0. The number of carboxylic acids is 1. The zero-order chi connectivity index (χ0) is 10.1. The van der Waals surface area contributed by atoms with Gasteiger partial charge in [-0.1, -0.05) is 20.8 Å². The van der Waals surface area contributed by atoms with Crippen molar-refractivity contribution in [2.45, 2.75) is 40.5 Å². The van der Waals surface area contributed by atoms with E-state index >= 15 is 0 Å². The van der Waals surface area contributed by atoms with Crippen LogP contribution in [0.15, 0.2) is 0 Å². The largest absolute Gasteiger partial charge is 2.00 e. The number of ketones is 1. The first-order chi connectivity index (χ1) is 5.41. The number of hydrogen-bond donors (Lipinski definition) is 1. The van der Waals surface area contributed by atoms with Crippen molar-refractivity contribution in [3.8, 4) is 0 Å². The second-order valence-electron chi connectivity index (χ2n) is 2.91. The van der Waals surface area contributed by atoms with E-state index in [1.54, 1.807) is 6.92 Å². The van der Waals surface area contributed by atoms with Crippen LogP contribution >= 0.6 is 0 Å². The molecule has 0 aliphatic heterocycles. The molecule has 0 radical (unpaired) electrons. The number of rotatable bonds is 3. The van der Waals surface area contributed by atoms with E-state index < -0.39 is 5.97 Å². The molecular formula is C9H18CaO3+2. The van der Waals surface area contributed by atoms with Crippen molar-refractivity contribution in [3.63, 3.8) is 0 Å². The van der Waals surface area contributed by atoms with Crippen molar-refractivity contribution in [2.24, 2.45) is 5.92 Å². The van der Waals surface area contributed by atoms with Gasteiger partial charge >= 0.3 is 43.7 Å². The van der Waals surface area contributed by atoms with Crippen molar-refractivity contribution in [3.05, 3.63) is 0 Å². The van der Waals surface area contributed by atoms with Gasteiger partial charge in [0.2, 0.25) is 0 Å². The van der Waals surface area contributed by atoms with Crippen LogP contribution in [0, 0.1) is 5.92 Å². The van der Waals surface area contributed by atoms with E-state index in [1.165, 1.54) is 0 Å². The average molecular weight is 214 g/mol. The number of hydrogen-bond acceptors (Lipinski definition) is 2. The molecule has 0 aliphatic rings. The van der Waals surface area contributed by atoms with E-state index in [-0.39, 0.29) is 49.4 Å². The maximum atomic E-state index is 10.1. The van der Waals surface area contributed by atoms with Crippen molar-refractivity contribution in [1.82, 2.24) is 0 Å². The first-order valence-corrected chi connectivity index (χ1v) is 4.14. The summed E-state index contributed by atoms with van der Waals surface area (Å²) in [6.07, 6.45) is 1.02. The van der Waals surface area contributed by atoms with E-state index in [1.807, 2.05) is 20.8 Å². The summed E-state index contributed by atoms with van der Waals surface area (Å²) in [6, 6.07) is 0. The van der Waals surface area contributed by atoms with Gasteiger partial charge in [0.1, 0.15) is 5.78 Å². The van der Waals surface area contributed by atoms with Crippen molar-refractivity contribution in [1.29, 1.82) is 0 Å². The van der Waals surface area contributed by atoms with Crippen LogP contribution in [-0.4, -0.2) is 54.6 Å². The Labute approximate surface area is 110 Å². The molecule has 0 aromatic rings. The summed E-state index contributed by atoms with van der Waals surface area (Å²) in [5, 5.41) is 7.91. The maximum absolute atomic E-state index is 10.1. The van der Waals surface area contributed by atoms with Gasteiger partial charge in [0.25, 0.3) is 0 Å². The Kier molecular flexibility index (Phi) is 18.2. The van der Waals surface area contributed by atoms with Gasteiger partial charge in [-0.25, -0.2) is 0 Å². The Morgan fingerprint density at radius 1 is 1.31 bits per heavy atom. The van der Waals surface area contributed by atoms with Crippen molar-refractivity contribution < 1.29 is 14.7 Å². The molecule has 13 heavy (non-hydrogen) atoms. The van der Waals surface area contributed by atoms with E-state index in [2.05, 4.69) is 0 Å². The first kappa shape index (κ1) is 19.0. The minimum atomic E-state index is -0.711. The number of carbonyl (C=O) groups is 2. The zero-order valence-electron chi connectivity index (χ0n) is 8.96. The van der Waals surface area contributed by atoms with Gasteiger partial charge in [-0.15, -0.1) is 0 Å². The van der Waals surface area contributed by atoms with Gasteiger partial charge in [-0.3, -0.25) is 9.59 Å². The minimum Gasteiger partial charge on any atom is -0.481 e. The Morgan fingerprint density at radius 3 is 1.62 bits per heavy atom. The minimum absolute atomic E-state index is 0. The topological polar surface area (TPSA) is 54.4 Å². The third kappa shape index (κ3) is 24.5. The number of Topliss-reactive ketones (excluding diaryl/α,β-unsaturated/α-hetero) is 1. The third-order valence-electron chi connectivity index (χ3n) is 1.28. The van der Waals surface area contributed by atoms with E-state index in [0.717, 1.165) is 6.42 Å². The summed E-state index contributed by atoms with van der Waals surface area (Å²) in [7, 11) is 0. The first-order valence-electron chi connectivity index (χ1n) is 4.14. The molecule has 0 fully saturated rings. The summed E-state index contributed by atoms with van der Waals surface area (Å²) in [5.74, 6) is -0.238. The van der Waals surface area contributed by atoms with Crippen LogP contribution in [0.2, 0.25) is 0 Å². The molecule has 1 N–H and O–H groups in total. The quantitative estimate of drug-likeness (QED) is 0.728. The fraction of sp³-hybridized carbons (Fsp3) is 0.778. The molecule has 0 aliphatic carbocycles. The van der Waals surface area contributed by atoms with Gasteiger partial charge in [-0.2, -0.15) is 0 Å². The number of carboxylic acid groups (broad SMARTS) is 1. The summed E-state index contributed by atoms with van der Waals surface area (Å²) in [6.45, 7) is 7.23. The van der Waals surface area contributed by atoms with Crippen LogP contribution in [-0.2, 0) is 9.59 Å².